The number of likely N-dealkylation sites (tertiary alicyclic amines) is 1. The molecule has 0 bridgehead atoms. The maximum absolute atomic E-state index is 12.8. The summed E-state index contributed by atoms with van der Waals surface area (Å²) in [5.74, 6) is 2.47. The lowest BCUT2D eigenvalue weighted by Crippen LogP contribution is -2.51. The highest BCUT2D eigenvalue weighted by Gasteiger charge is 2.35. The van der Waals surface area contributed by atoms with Crippen molar-refractivity contribution in [2.45, 2.75) is 56.4 Å². The Labute approximate surface area is 141 Å². The first-order valence-corrected chi connectivity index (χ1v) is 9.18. The van der Waals surface area contributed by atoms with Crippen LogP contribution >= 0.6 is 0 Å². The van der Waals surface area contributed by atoms with Crippen LogP contribution in [-0.4, -0.2) is 53.3 Å². The van der Waals surface area contributed by atoms with Crippen LogP contribution in [0.5, 0.6) is 0 Å². The van der Waals surface area contributed by atoms with Gasteiger partial charge in [0, 0.05) is 38.1 Å². The predicted octanol–water partition coefficient (Wildman–Crippen LogP) is 1.41. The van der Waals surface area contributed by atoms with Gasteiger partial charge in [-0.15, -0.1) is 0 Å². The van der Waals surface area contributed by atoms with E-state index in [9.17, 15) is 4.79 Å². The van der Waals surface area contributed by atoms with E-state index in [0.717, 1.165) is 56.8 Å². The van der Waals surface area contributed by atoms with Gasteiger partial charge in [-0.1, -0.05) is 5.16 Å². The van der Waals surface area contributed by atoms with Crippen molar-refractivity contribution in [3.8, 4) is 0 Å². The summed E-state index contributed by atoms with van der Waals surface area (Å²) in [6.07, 6.45) is 6.01. The molecule has 3 heterocycles. The largest absolute Gasteiger partial charge is 0.381 e. The minimum atomic E-state index is -0.417. The van der Waals surface area contributed by atoms with Gasteiger partial charge in [-0.05, 0) is 44.4 Å². The molecule has 132 valence electrons. The van der Waals surface area contributed by atoms with E-state index < -0.39 is 6.04 Å². The van der Waals surface area contributed by atoms with Crippen molar-refractivity contribution < 1.29 is 14.1 Å². The molecule has 0 aromatic carbocycles. The number of nitrogens with two attached hydrogens (primary N) is 1. The van der Waals surface area contributed by atoms with E-state index >= 15 is 0 Å². The molecule has 7 nitrogen and oxygen atoms in total. The van der Waals surface area contributed by atoms with Gasteiger partial charge in [-0.3, -0.25) is 4.79 Å². The summed E-state index contributed by atoms with van der Waals surface area (Å²) in [5.41, 5.74) is 6.26. The molecule has 3 fully saturated rings. The SMILES string of the molecule is NC(C(=O)N1CCCC(c2noc(C3CC3)n2)C1)C1CCOCC1. The van der Waals surface area contributed by atoms with E-state index in [1.165, 1.54) is 0 Å². The molecule has 2 aliphatic heterocycles. The number of aromatic nitrogens is 2. The molecule has 4 rings (SSSR count). The van der Waals surface area contributed by atoms with E-state index in [1.807, 2.05) is 4.90 Å². The number of ether oxygens (including phenoxy) is 1. The number of carbonyl (C=O) groups excluding carboxylic acids is 1. The summed E-state index contributed by atoms with van der Waals surface area (Å²) in [6.45, 7) is 2.85. The predicted molar refractivity (Wildman–Crippen MR) is 86.3 cm³/mol. The van der Waals surface area contributed by atoms with Crippen molar-refractivity contribution in [2.24, 2.45) is 11.7 Å². The van der Waals surface area contributed by atoms with E-state index in [-0.39, 0.29) is 17.7 Å². The Morgan fingerprint density at radius 1 is 1.17 bits per heavy atom. The molecule has 1 saturated carbocycles. The molecular formula is C17H26N4O3. The molecule has 24 heavy (non-hydrogen) atoms. The number of amides is 1. The summed E-state index contributed by atoms with van der Waals surface area (Å²) in [7, 11) is 0. The van der Waals surface area contributed by atoms with Crippen LogP contribution in [0.25, 0.3) is 0 Å². The summed E-state index contributed by atoms with van der Waals surface area (Å²) < 4.78 is 10.7. The second-order valence-corrected chi connectivity index (χ2v) is 7.36. The fourth-order valence-corrected chi connectivity index (χ4v) is 3.78. The first-order chi connectivity index (χ1) is 11.7. The highest BCUT2D eigenvalue weighted by atomic mass is 16.5. The third kappa shape index (κ3) is 3.32. The molecular weight excluding hydrogens is 308 g/mol. The van der Waals surface area contributed by atoms with Crippen LogP contribution < -0.4 is 5.73 Å². The van der Waals surface area contributed by atoms with Crippen LogP contribution in [0.3, 0.4) is 0 Å². The second-order valence-electron chi connectivity index (χ2n) is 7.36. The van der Waals surface area contributed by atoms with E-state index in [2.05, 4.69) is 10.1 Å². The first-order valence-electron chi connectivity index (χ1n) is 9.18. The van der Waals surface area contributed by atoms with Gasteiger partial charge < -0.3 is 19.9 Å². The minimum absolute atomic E-state index is 0.0671. The number of piperidine rings is 1. The highest BCUT2D eigenvalue weighted by Crippen LogP contribution is 2.39. The van der Waals surface area contributed by atoms with Gasteiger partial charge in [0.05, 0.1) is 6.04 Å². The van der Waals surface area contributed by atoms with Crippen LogP contribution in [0.15, 0.2) is 4.52 Å². The Morgan fingerprint density at radius 3 is 2.71 bits per heavy atom. The molecule has 3 aliphatic rings. The molecule has 2 N–H and O–H groups in total. The smallest absolute Gasteiger partial charge is 0.239 e. The molecule has 2 saturated heterocycles. The number of hydrogen-bond donors (Lipinski definition) is 1. The van der Waals surface area contributed by atoms with Crippen LogP contribution in [-0.2, 0) is 9.53 Å². The zero-order valence-electron chi connectivity index (χ0n) is 14.0. The van der Waals surface area contributed by atoms with E-state index in [4.69, 9.17) is 15.0 Å². The number of carbonyl (C=O) groups is 1. The fourth-order valence-electron chi connectivity index (χ4n) is 3.78. The van der Waals surface area contributed by atoms with Gasteiger partial charge >= 0.3 is 0 Å². The van der Waals surface area contributed by atoms with E-state index in [0.29, 0.717) is 25.7 Å². The van der Waals surface area contributed by atoms with Crippen molar-refractivity contribution in [1.82, 2.24) is 15.0 Å². The summed E-state index contributed by atoms with van der Waals surface area (Å²) in [6, 6.07) is -0.417. The molecule has 0 spiro atoms. The zero-order chi connectivity index (χ0) is 16.5. The van der Waals surface area contributed by atoms with Crippen LogP contribution in [0.2, 0.25) is 0 Å². The van der Waals surface area contributed by atoms with Crippen LogP contribution in [0.4, 0.5) is 0 Å². The van der Waals surface area contributed by atoms with Crippen molar-refractivity contribution in [3.05, 3.63) is 11.7 Å². The molecule has 2 unspecified atom stereocenters. The number of rotatable bonds is 4. The van der Waals surface area contributed by atoms with Gasteiger partial charge in [0.15, 0.2) is 5.82 Å². The molecule has 1 aromatic rings. The lowest BCUT2D eigenvalue weighted by Gasteiger charge is -2.35. The van der Waals surface area contributed by atoms with E-state index in [1.54, 1.807) is 0 Å². The normalized spacial score (nSPS) is 27.2. The Morgan fingerprint density at radius 2 is 1.96 bits per heavy atom. The molecule has 7 heteroatoms. The second kappa shape index (κ2) is 6.80. The Balaban J connectivity index is 1.38. The monoisotopic (exact) mass is 334 g/mol. The Kier molecular flexibility index (Phi) is 4.54. The third-order valence-electron chi connectivity index (χ3n) is 5.54. The maximum atomic E-state index is 12.8. The molecule has 1 aromatic heterocycles. The summed E-state index contributed by atoms with van der Waals surface area (Å²) >= 11 is 0. The molecule has 2 atom stereocenters. The van der Waals surface area contributed by atoms with Crippen molar-refractivity contribution in [2.75, 3.05) is 26.3 Å². The zero-order valence-corrected chi connectivity index (χ0v) is 14.0. The lowest BCUT2D eigenvalue weighted by atomic mass is 9.90. The number of nitrogens with zero attached hydrogens (tertiary/aromatic N) is 3. The van der Waals surface area contributed by atoms with Crippen molar-refractivity contribution >= 4 is 5.91 Å². The van der Waals surface area contributed by atoms with Gasteiger partial charge in [0.1, 0.15) is 0 Å². The molecule has 1 amide bonds. The van der Waals surface area contributed by atoms with Gasteiger partial charge in [-0.2, -0.15) is 4.98 Å². The van der Waals surface area contributed by atoms with Crippen LogP contribution in [0, 0.1) is 5.92 Å². The fraction of sp³-hybridized carbons (Fsp3) is 0.824. The quantitative estimate of drug-likeness (QED) is 0.894. The Hall–Kier alpha value is -1.47. The topological polar surface area (TPSA) is 94.5 Å². The standard InChI is InChI=1S/C17H26N4O3/c18-14(11-5-8-23-9-6-11)17(22)21-7-1-2-13(10-21)15-19-16(24-20-15)12-3-4-12/h11-14H,1-10,18H2. The molecule has 1 aliphatic carbocycles. The van der Waals surface area contributed by atoms with Crippen molar-refractivity contribution in [3.63, 3.8) is 0 Å². The Bertz CT molecular complexity index is 580. The van der Waals surface area contributed by atoms with Gasteiger partial charge in [-0.25, -0.2) is 0 Å². The first kappa shape index (κ1) is 16.0. The van der Waals surface area contributed by atoms with Crippen molar-refractivity contribution in [1.29, 1.82) is 0 Å². The van der Waals surface area contributed by atoms with Crippen LogP contribution in [0.1, 0.15) is 62.1 Å². The average molecular weight is 334 g/mol. The number of hydrogen-bond acceptors (Lipinski definition) is 6. The highest BCUT2D eigenvalue weighted by molar-refractivity contribution is 5.82. The minimum Gasteiger partial charge on any atom is -0.381 e. The lowest BCUT2D eigenvalue weighted by molar-refractivity contribution is -0.136. The maximum Gasteiger partial charge on any atom is 0.239 e. The third-order valence-corrected chi connectivity index (χ3v) is 5.54. The summed E-state index contributed by atoms with van der Waals surface area (Å²) in [4.78, 5) is 19.3. The summed E-state index contributed by atoms with van der Waals surface area (Å²) in [5, 5.41) is 4.16. The van der Waals surface area contributed by atoms with Gasteiger partial charge in [0.25, 0.3) is 0 Å². The molecule has 0 radical (unpaired) electrons. The average Bonchev–Trinajstić information content (AvgIpc) is 3.38. The van der Waals surface area contributed by atoms with Gasteiger partial charge in [0.2, 0.25) is 11.8 Å².